The predicted molar refractivity (Wildman–Crippen MR) is 146 cm³/mol. The van der Waals surface area contributed by atoms with Crippen molar-refractivity contribution in [3.8, 4) is 0 Å². The first kappa shape index (κ1) is 27.1. The lowest BCUT2D eigenvalue weighted by Crippen LogP contribution is -2.59. The molecule has 2 aromatic carbocycles. The highest BCUT2D eigenvalue weighted by Crippen LogP contribution is 2.63. The predicted octanol–water partition coefficient (Wildman–Crippen LogP) is 3.28. The van der Waals surface area contributed by atoms with Gasteiger partial charge in [0.05, 0.1) is 30.1 Å². The number of nitrogens with zero attached hydrogens (tertiary/aromatic N) is 2. The molecule has 2 aromatic rings. The van der Waals surface area contributed by atoms with Crippen LogP contribution in [0.25, 0.3) is 0 Å². The Morgan fingerprint density at radius 3 is 2.56 bits per heavy atom. The molecule has 3 heterocycles. The van der Waals surface area contributed by atoms with Gasteiger partial charge in [0, 0.05) is 12.2 Å². The summed E-state index contributed by atoms with van der Waals surface area (Å²) in [7, 11) is 0. The first-order valence-corrected chi connectivity index (χ1v) is 13.5. The number of aliphatic carboxylic acids is 1. The number of carbonyl (C=O) groups excluding carboxylic acids is 2. The molecular formula is C31H36N2O6. The molecule has 3 aliphatic rings. The lowest BCUT2D eigenvalue weighted by atomic mass is 9.66. The van der Waals surface area contributed by atoms with Gasteiger partial charge in [-0.2, -0.15) is 0 Å². The van der Waals surface area contributed by atoms with Crippen molar-refractivity contribution in [3.05, 3.63) is 77.9 Å². The van der Waals surface area contributed by atoms with Crippen LogP contribution in [-0.4, -0.2) is 69.3 Å². The highest BCUT2D eigenvalue weighted by atomic mass is 16.5. The van der Waals surface area contributed by atoms with Gasteiger partial charge in [0.25, 0.3) is 5.91 Å². The molecule has 0 radical (unpaired) electrons. The minimum Gasteiger partial charge on any atom is -0.481 e. The summed E-state index contributed by atoms with van der Waals surface area (Å²) < 4.78 is 6.54. The second kappa shape index (κ2) is 9.92. The van der Waals surface area contributed by atoms with Gasteiger partial charge in [0.1, 0.15) is 11.6 Å². The molecule has 3 fully saturated rings. The molecule has 8 nitrogen and oxygen atoms in total. The van der Waals surface area contributed by atoms with E-state index in [4.69, 9.17) is 4.74 Å². The number of hydrogen-bond acceptors (Lipinski definition) is 5. The maximum atomic E-state index is 14.7. The molecule has 2 unspecified atom stereocenters. The largest absolute Gasteiger partial charge is 0.481 e. The van der Waals surface area contributed by atoms with Gasteiger partial charge in [-0.15, -0.1) is 6.58 Å². The van der Waals surface area contributed by atoms with Crippen LogP contribution in [-0.2, 0) is 25.5 Å². The van der Waals surface area contributed by atoms with E-state index >= 15 is 0 Å². The van der Waals surface area contributed by atoms with E-state index in [1.54, 1.807) is 17.9 Å². The zero-order valence-corrected chi connectivity index (χ0v) is 22.7. The Labute approximate surface area is 228 Å². The fraction of sp³-hybridized carbons (Fsp3) is 0.452. The van der Waals surface area contributed by atoms with Crippen molar-refractivity contribution in [1.82, 2.24) is 4.90 Å². The van der Waals surface area contributed by atoms with E-state index in [1.807, 2.05) is 62.4 Å². The average molecular weight is 533 g/mol. The SMILES string of the molecule is C=CCN(C(=O)C1N([C@@H](CO)Cc2ccccc2)C(=O)[C@@H]2[C@@H](C(=O)O)[C@@]3(C)CCC12O3)c1cc(C)ccc1C. The second-order valence-corrected chi connectivity index (χ2v) is 11.4. The van der Waals surface area contributed by atoms with E-state index < -0.39 is 47.0 Å². The van der Waals surface area contributed by atoms with Gasteiger partial charge in [0.15, 0.2) is 0 Å². The third kappa shape index (κ3) is 4.17. The van der Waals surface area contributed by atoms with Crippen LogP contribution in [0.3, 0.4) is 0 Å². The molecule has 2 N–H and O–H groups in total. The minimum atomic E-state index is -1.30. The Bertz CT molecular complexity index is 1310. The molecule has 1 spiro atoms. The van der Waals surface area contributed by atoms with Crippen molar-refractivity contribution in [3.63, 3.8) is 0 Å². The standard InChI is InChI=1S/C31H36N2O6/c1-5-15-32(23-16-19(2)11-12-20(23)3)28(36)26-31-14-13-30(4,39-31)25(29(37)38)24(31)27(35)33(26)22(18-34)17-21-9-7-6-8-10-21/h5-12,16,22,24-26,34H,1,13-15,17-18H2,2-4H3,(H,37,38)/t22-,24+,25+,26?,30-,31?/m1/s1. The minimum absolute atomic E-state index is 0.199. The Balaban J connectivity index is 1.65. The van der Waals surface area contributed by atoms with Crippen LogP contribution in [0.4, 0.5) is 5.69 Å². The number of aryl methyl sites for hydroxylation is 2. The fourth-order valence-electron chi connectivity index (χ4n) is 7.14. The van der Waals surface area contributed by atoms with Gasteiger partial charge in [-0.05, 0) is 62.8 Å². The molecule has 2 amide bonds. The van der Waals surface area contributed by atoms with Crippen molar-refractivity contribution in [2.24, 2.45) is 11.8 Å². The highest BCUT2D eigenvalue weighted by molar-refractivity contribution is 6.05. The summed E-state index contributed by atoms with van der Waals surface area (Å²) >= 11 is 0. The first-order chi connectivity index (χ1) is 18.6. The van der Waals surface area contributed by atoms with Crippen molar-refractivity contribution >= 4 is 23.5 Å². The number of ether oxygens (including phenoxy) is 1. The number of aliphatic hydroxyl groups is 1. The van der Waals surface area contributed by atoms with E-state index in [-0.39, 0.29) is 19.1 Å². The van der Waals surface area contributed by atoms with Gasteiger partial charge < -0.3 is 24.7 Å². The maximum absolute atomic E-state index is 14.7. The number of carboxylic acid groups (broad SMARTS) is 1. The van der Waals surface area contributed by atoms with Crippen LogP contribution in [0.5, 0.6) is 0 Å². The number of fused-ring (bicyclic) bond motifs is 1. The van der Waals surface area contributed by atoms with Crippen molar-refractivity contribution in [1.29, 1.82) is 0 Å². The number of hydrogen-bond donors (Lipinski definition) is 2. The Morgan fingerprint density at radius 1 is 1.21 bits per heavy atom. The first-order valence-electron chi connectivity index (χ1n) is 13.5. The number of rotatable bonds is 9. The summed E-state index contributed by atoms with van der Waals surface area (Å²) in [5.41, 5.74) is 1.11. The average Bonchev–Trinajstić information content (AvgIpc) is 3.48. The number of aliphatic hydroxyl groups excluding tert-OH is 1. The van der Waals surface area contributed by atoms with Crippen LogP contribution >= 0.6 is 0 Å². The molecule has 0 aliphatic carbocycles. The highest BCUT2D eigenvalue weighted by Gasteiger charge is 2.78. The smallest absolute Gasteiger partial charge is 0.310 e. The topological polar surface area (TPSA) is 107 Å². The maximum Gasteiger partial charge on any atom is 0.310 e. The Morgan fingerprint density at radius 2 is 1.92 bits per heavy atom. The van der Waals surface area contributed by atoms with Crippen molar-refractivity contribution in [2.45, 2.75) is 63.3 Å². The number of carboxylic acids is 1. The molecule has 3 saturated heterocycles. The molecule has 8 heteroatoms. The molecule has 39 heavy (non-hydrogen) atoms. The lowest BCUT2D eigenvalue weighted by Gasteiger charge is -2.40. The molecule has 5 rings (SSSR count). The summed E-state index contributed by atoms with van der Waals surface area (Å²) in [6.45, 7) is 9.28. The molecule has 6 atom stereocenters. The van der Waals surface area contributed by atoms with E-state index in [2.05, 4.69) is 6.58 Å². The van der Waals surface area contributed by atoms with E-state index in [1.165, 1.54) is 4.90 Å². The molecule has 2 bridgehead atoms. The van der Waals surface area contributed by atoms with Crippen LogP contribution in [0.1, 0.15) is 36.5 Å². The quantitative estimate of drug-likeness (QED) is 0.480. The van der Waals surface area contributed by atoms with Gasteiger partial charge in [-0.25, -0.2) is 0 Å². The Kier molecular flexibility index (Phi) is 6.89. The van der Waals surface area contributed by atoms with Crippen LogP contribution in [0.2, 0.25) is 0 Å². The number of benzene rings is 2. The zero-order valence-electron chi connectivity index (χ0n) is 22.7. The summed E-state index contributed by atoms with van der Waals surface area (Å²) in [5, 5.41) is 20.8. The van der Waals surface area contributed by atoms with Gasteiger partial charge in [-0.1, -0.05) is 48.5 Å². The molecular weight excluding hydrogens is 496 g/mol. The zero-order chi connectivity index (χ0) is 28.1. The summed E-state index contributed by atoms with van der Waals surface area (Å²) in [6.07, 6.45) is 2.76. The number of likely N-dealkylation sites (tertiary alicyclic amines) is 1. The molecule has 206 valence electrons. The summed E-state index contributed by atoms with van der Waals surface area (Å²) in [4.78, 5) is 44.5. The van der Waals surface area contributed by atoms with E-state index in [0.717, 1.165) is 16.7 Å². The summed E-state index contributed by atoms with van der Waals surface area (Å²) in [5.74, 6) is -4.01. The molecule has 3 aliphatic heterocycles. The molecule has 0 aromatic heterocycles. The van der Waals surface area contributed by atoms with Gasteiger partial charge in [-0.3, -0.25) is 14.4 Å². The number of amides is 2. The second-order valence-electron chi connectivity index (χ2n) is 11.4. The number of carbonyl (C=O) groups is 3. The monoisotopic (exact) mass is 532 g/mol. The normalized spacial score (nSPS) is 29.8. The van der Waals surface area contributed by atoms with Gasteiger partial charge in [0.2, 0.25) is 5.91 Å². The lowest BCUT2D eigenvalue weighted by molar-refractivity contribution is -0.155. The van der Waals surface area contributed by atoms with Gasteiger partial charge >= 0.3 is 5.97 Å². The van der Waals surface area contributed by atoms with E-state index in [9.17, 15) is 24.6 Å². The fourth-order valence-corrected chi connectivity index (χ4v) is 7.14. The van der Waals surface area contributed by atoms with Crippen LogP contribution in [0.15, 0.2) is 61.2 Å². The van der Waals surface area contributed by atoms with Crippen molar-refractivity contribution < 1.29 is 29.3 Å². The summed E-state index contributed by atoms with van der Waals surface area (Å²) in [6, 6.07) is 13.5. The van der Waals surface area contributed by atoms with Crippen molar-refractivity contribution in [2.75, 3.05) is 18.1 Å². The third-order valence-electron chi connectivity index (χ3n) is 8.87. The Hall–Kier alpha value is -3.49. The third-order valence-corrected chi connectivity index (χ3v) is 8.87. The van der Waals surface area contributed by atoms with E-state index in [0.29, 0.717) is 24.9 Å². The number of anilines is 1. The van der Waals surface area contributed by atoms with Crippen LogP contribution in [0, 0.1) is 25.7 Å². The molecule has 0 saturated carbocycles. The van der Waals surface area contributed by atoms with Crippen LogP contribution < -0.4 is 4.90 Å².